The summed E-state index contributed by atoms with van der Waals surface area (Å²) in [5, 5.41) is 0. The van der Waals surface area contributed by atoms with Gasteiger partial charge in [0.1, 0.15) is 6.10 Å². The highest BCUT2D eigenvalue weighted by molar-refractivity contribution is 5.70. The summed E-state index contributed by atoms with van der Waals surface area (Å²) in [6.45, 7) is 8.63. The number of esters is 1. The van der Waals surface area contributed by atoms with E-state index in [1.165, 1.54) is 16.7 Å². The highest BCUT2D eigenvalue weighted by Crippen LogP contribution is 2.18. The second-order valence-electron chi connectivity index (χ2n) is 6.34. The van der Waals surface area contributed by atoms with Gasteiger partial charge in [0.05, 0.1) is 0 Å². The maximum absolute atomic E-state index is 11.2. The average Bonchev–Trinajstić information content (AvgIpc) is 2.38. The molecule has 0 aromatic carbocycles. The SMILES string of the molecule is CC(C)=CCC/C(C)=C/CC/C(C)=C/C1CCCC(=O)O1. The molecular formula is C19H30O2. The zero-order valence-corrected chi connectivity index (χ0v) is 14.1. The van der Waals surface area contributed by atoms with Crippen LogP contribution in [-0.2, 0) is 9.53 Å². The Balaban J connectivity index is 2.29. The fraction of sp³-hybridized carbons (Fsp3) is 0.632. The second-order valence-corrected chi connectivity index (χ2v) is 6.34. The van der Waals surface area contributed by atoms with E-state index in [1.807, 2.05) is 0 Å². The molecule has 1 aliphatic rings. The maximum atomic E-state index is 11.2. The summed E-state index contributed by atoms with van der Waals surface area (Å²) < 4.78 is 5.32. The van der Waals surface area contributed by atoms with Gasteiger partial charge in [-0.15, -0.1) is 0 Å². The standard InChI is InChI=1S/C19H30O2/c1-15(2)8-5-9-16(3)10-6-11-17(4)14-18-12-7-13-19(20)21-18/h8,10,14,18H,5-7,9,11-13H2,1-4H3/b16-10+,17-14+. The molecule has 118 valence electrons. The van der Waals surface area contributed by atoms with E-state index in [4.69, 9.17) is 4.74 Å². The Morgan fingerprint density at radius 2 is 1.76 bits per heavy atom. The van der Waals surface area contributed by atoms with Crippen molar-refractivity contribution in [3.05, 3.63) is 34.9 Å². The Bertz CT molecular complexity index is 423. The van der Waals surface area contributed by atoms with E-state index >= 15 is 0 Å². The Kier molecular flexibility index (Phi) is 8.11. The van der Waals surface area contributed by atoms with E-state index < -0.39 is 0 Å². The van der Waals surface area contributed by atoms with Crippen molar-refractivity contribution in [3.8, 4) is 0 Å². The molecule has 0 N–H and O–H groups in total. The summed E-state index contributed by atoms with van der Waals surface area (Å²) in [6.07, 6.45) is 13.7. The van der Waals surface area contributed by atoms with Crippen molar-refractivity contribution in [1.82, 2.24) is 0 Å². The monoisotopic (exact) mass is 290 g/mol. The van der Waals surface area contributed by atoms with Crippen molar-refractivity contribution < 1.29 is 9.53 Å². The topological polar surface area (TPSA) is 26.3 Å². The van der Waals surface area contributed by atoms with Crippen LogP contribution in [0.1, 0.15) is 72.6 Å². The Morgan fingerprint density at radius 1 is 1.10 bits per heavy atom. The lowest BCUT2D eigenvalue weighted by atomic mass is 10.0. The molecular weight excluding hydrogens is 260 g/mol. The Hall–Kier alpha value is -1.31. The van der Waals surface area contributed by atoms with Crippen molar-refractivity contribution in [1.29, 1.82) is 0 Å². The summed E-state index contributed by atoms with van der Waals surface area (Å²) in [4.78, 5) is 11.2. The third kappa shape index (κ3) is 8.54. The minimum atomic E-state index is -0.0506. The molecule has 2 nitrogen and oxygen atoms in total. The molecule has 0 saturated carbocycles. The van der Waals surface area contributed by atoms with Gasteiger partial charge in [0.25, 0.3) is 0 Å². The lowest BCUT2D eigenvalue weighted by molar-refractivity contribution is -0.150. The smallest absolute Gasteiger partial charge is 0.306 e. The summed E-state index contributed by atoms with van der Waals surface area (Å²) in [7, 11) is 0. The number of carbonyl (C=O) groups is 1. The highest BCUT2D eigenvalue weighted by atomic mass is 16.5. The lowest BCUT2D eigenvalue weighted by Gasteiger charge is -2.20. The van der Waals surface area contributed by atoms with Crippen LogP contribution in [-0.4, -0.2) is 12.1 Å². The normalized spacial score (nSPS) is 20.2. The predicted molar refractivity (Wildman–Crippen MR) is 89.1 cm³/mol. The first-order valence-corrected chi connectivity index (χ1v) is 8.13. The van der Waals surface area contributed by atoms with Crippen LogP contribution in [0, 0.1) is 0 Å². The van der Waals surface area contributed by atoms with Crippen molar-refractivity contribution in [2.24, 2.45) is 0 Å². The minimum absolute atomic E-state index is 0.00833. The molecule has 0 radical (unpaired) electrons. The summed E-state index contributed by atoms with van der Waals surface area (Å²) >= 11 is 0. The molecule has 1 unspecified atom stereocenters. The molecule has 1 rings (SSSR count). The third-order valence-electron chi connectivity index (χ3n) is 3.75. The number of hydrogen-bond donors (Lipinski definition) is 0. The predicted octanol–water partition coefficient (Wildman–Crippen LogP) is 5.50. The number of rotatable bonds is 7. The summed E-state index contributed by atoms with van der Waals surface area (Å²) in [5.41, 5.74) is 4.18. The van der Waals surface area contributed by atoms with Crippen LogP contribution in [0.4, 0.5) is 0 Å². The number of hydrogen-bond acceptors (Lipinski definition) is 2. The van der Waals surface area contributed by atoms with Gasteiger partial charge in [0.15, 0.2) is 0 Å². The molecule has 0 aromatic heterocycles. The van der Waals surface area contributed by atoms with Gasteiger partial charge in [0.2, 0.25) is 0 Å². The molecule has 21 heavy (non-hydrogen) atoms. The molecule has 0 amide bonds. The molecule has 1 saturated heterocycles. The molecule has 1 fully saturated rings. The largest absolute Gasteiger partial charge is 0.458 e. The molecule has 1 atom stereocenters. The van der Waals surface area contributed by atoms with Crippen molar-refractivity contribution >= 4 is 5.97 Å². The number of carbonyl (C=O) groups excluding carboxylic acids is 1. The quantitative estimate of drug-likeness (QED) is 0.457. The van der Waals surface area contributed by atoms with Crippen LogP contribution in [0.25, 0.3) is 0 Å². The second kappa shape index (κ2) is 9.59. The van der Waals surface area contributed by atoms with Gasteiger partial charge in [0, 0.05) is 6.42 Å². The van der Waals surface area contributed by atoms with Crippen molar-refractivity contribution in [2.45, 2.75) is 78.7 Å². The van der Waals surface area contributed by atoms with E-state index in [0.29, 0.717) is 6.42 Å². The van der Waals surface area contributed by atoms with E-state index in [-0.39, 0.29) is 12.1 Å². The molecule has 1 aliphatic heterocycles. The van der Waals surface area contributed by atoms with Gasteiger partial charge in [-0.25, -0.2) is 0 Å². The van der Waals surface area contributed by atoms with E-state index in [0.717, 1.165) is 38.5 Å². The number of ether oxygens (including phenoxy) is 1. The van der Waals surface area contributed by atoms with Gasteiger partial charge in [-0.05, 0) is 72.3 Å². The Morgan fingerprint density at radius 3 is 2.43 bits per heavy atom. The van der Waals surface area contributed by atoms with Crippen molar-refractivity contribution in [2.75, 3.05) is 0 Å². The van der Waals surface area contributed by atoms with E-state index in [9.17, 15) is 4.79 Å². The fourth-order valence-corrected chi connectivity index (χ4v) is 2.49. The van der Waals surface area contributed by atoms with Crippen LogP contribution in [0.5, 0.6) is 0 Å². The van der Waals surface area contributed by atoms with Gasteiger partial charge in [-0.1, -0.05) is 28.9 Å². The van der Waals surface area contributed by atoms with Gasteiger partial charge in [-0.2, -0.15) is 0 Å². The third-order valence-corrected chi connectivity index (χ3v) is 3.75. The number of cyclic esters (lactones) is 1. The fourth-order valence-electron chi connectivity index (χ4n) is 2.49. The van der Waals surface area contributed by atoms with Gasteiger partial charge in [-0.3, -0.25) is 4.79 Å². The van der Waals surface area contributed by atoms with Crippen LogP contribution in [0.15, 0.2) is 34.9 Å². The van der Waals surface area contributed by atoms with E-state index in [1.54, 1.807) is 0 Å². The number of allylic oxidation sites excluding steroid dienone is 5. The molecule has 1 heterocycles. The highest BCUT2D eigenvalue weighted by Gasteiger charge is 2.17. The molecule has 0 aliphatic carbocycles. The van der Waals surface area contributed by atoms with E-state index in [2.05, 4.69) is 45.9 Å². The first-order valence-electron chi connectivity index (χ1n) is 8.13. The molecule has 0 bridgehead atoms. The Labute approximate surface area is 130 Å². The minimum Gasteiger partial charge on any atom is -0.458 e. The first-order chi connectivity index (χ1) is 9.97. The maximum Gasteiger partial charge on any atom is 0.306 e. The zero-order chi connectivity index (χ0) is 15.7. The first kappa shape index (κ1) is 17.7. The van der Waals surface area contributed by atoms with Crippen LogP contribution < -0.4 is 0 Å². The van der Waals surface area contributed by atoms with Gasteiger partial charge >= 0.3 is 5.97 Å². The van der Waals surface area contributed by atoms with Crippen molar-refractivity contribution in [3.63, 3.8) is 0 Å². The molecule has 0 aromatic rings. The summed E-state index contributed by atoms with van der Waals surface area (Å²) in [6, 6.07) is 0. The van der Waals surface area contributed by atoms with Gasteiger partial charge < -0.3 is 4.74 Å². The zero-order valence-electron chi connectivity index (χ0n) is 14.1. The molecule has 2 heteroatoms. The van der Waals surface area contributed by atoms with Crippen LogP contribution in [0.3, 0.4) is 0 Å². The average molecular weight is 290 g/mol. The van der Waals surface area contributed by atoms with Crippen LogP contribution in [0.2, 0.25) is 0 Å². The van der Waals surface area contributed by atoms with Crippen LogP contribution >= 0.6 is 0 Å². The molecule has 0 spiro atoms. The summed E-state index contributed by atoms with van der Waals surface area (Å²) in [5.74, 6) is -0.0506. The lowest BCUT2D eigenvalue weighted by Crippen LogP contribution is -2.21.